The van der Waals surface area contributed by atoms with Gasteiger partial charge in [0.1, 0.15) is 0 Å². The number of nitrogens with two attached hydrogens (primary N) is 2. The lowest BCUT2D eigenvalue weighted by Gasteiger charge is -2.21. The third-order valence-corrected chi connectivity index (χ3v) is 2.06. The summed E-state index contributed by atoms with van der Waals surface area (Å²) in [5.74, 6) is 5.38. The van der Waals surface area contributed by atoms with Gasteiger partial charge in [-0.2, -0.15) is 0 Å². The molecular weight excluding hydrogens is 140 g/mol. The number of hydrogen-bond acceptors (Lipinski definition) is 2. The van der Waals surface area contributed by atoms with Crippen LogP contribution in [0.4, 0.5) is 0 Å². The number of nitrogens with one attached hydrogen (secondary N) is 1. The van der Waals surface area contributed by atoms with Crippen molar-refractivity contribution in [1.82, 2.24) is 5.43 Å². The minimum atomic E-state index is -0.0730. The molecule has 11 heavy (non-hydrogen) atoms. The maximum Gasteiger partial charge on any atom is 0.203 e. The van der Waals surface area contributed by atoms with Crippen LogP contribution in [0.3, 0.4) is 0 Å². The fourth-order valence-corrected chi connectivity index (χ4v) is 0.731. The standard InChI is InChI=1S/C7H18N4/c1-4-7(3,5-2)10-6(8)11-9/h4-5,9H2,1-3H3,(H3,8,10,11). The predicted molar refractivity (Wildman–Crippen MR) is 47.9 cm³/mol. The highest BCUT2D eigenvalue weighted by Crippen LogP contribution is 2.18. The van der Waals surface area contributed by atoms with Gasteiger partial charge in [0, 0.05) is 0 Å². The summed E-state index contributed by atoms with van der Waals surface area (Å²) in [7, 11) is 0. The highest BCUT2D eigenvalue weighted by atomic mass is 15.3. The number of hydrazine groups is 1. The Morgan fingerprint density at radius 2 is 1.91 bits per heavy atom. The van der Waals surface area contributed by atoms with E-state index in [4.69, 9.17) is 11.6 Å². The first-order valence-corrected chi connectivity index (χ1v) is 3.90. The number of rotatable bonds is 3. The Balaban J connectivity index is 4.27. The molecule has 0 atom stereocenters. The number of hydrogen-bond donors (Lipinski definition) is 3. The van der Waals surface area contributed by atoms with Gasteiger partial charge < -0.3 is 5.73 Å². The Bertz CT molecular complexity index is 137. The fourth-order valence-electron chi connectivity index (χ4n) is 0.731. The van der Waals surface area contributed by atoms with Crippen LogP contribution in [0.5, 0.6) is 0 Å². The van der Waals surface area contributed by atoms with Crippen LogP contribution >= 0.6 is 0 Å². The molecule has 0 aliphatic rings. The van der Waals surface area contributed by atoms with Gasteiger partial charge in [0.05, 0.1) is 5.54 Å². The zero-order chi connectivity index (χ0) is 8.91. The minimum Gasteiger partial charge on any atom is -0.369 e. The van der Waals surface area contributed by atoms with Crippen LogP contribution in [0.2, 0.25) is 0 Å². The van der Waals surface area contributed by atoms with E-state index >= 15 is 0 Å². The Morgan fingerprint density at radius 3 is 2.18 bits per heavy atom. The molecule has 66 valence electrons. The fraction of sp³-hybridized carbons (Fsp3) is 0.857. The summed E-state index contributed by atoms with van der Waals surface area (Å²) in [4.78, 5) is 4.22. The predicted octanol–water partition coefficient (Wildman–Crippen LogP) is 0.343. The van der Waals surface area contributed by atoms with E-state index in [0.29, 0.717) is 5.96 Å². The molecular formula is C7H18N4. The Kier molecular flexibility index (Phi) is 3.89. The maximum atomic E-state index is 5.42. The van der Waals surface area contributed by atoms with E-state index in [2.05, 4.69) is 31.2 Å². The molecule has 0 bridgehead atoms. The molecule has 4 heteroatoms. The molecule has 0 aliphatic carbocycles. The molecule has 0 fully saturated rings. The van der Waals surface area contributed by atoms with Crippen LogP contribution < -0.4 is 17.0 Å². The zero-order valence-electron chi connectivity index (χ0n) is 7.52. The smallest absolute Gasteiger partial charge is 0.203 e. The van der Waals surface area contributed by atoms with Gasteiger partial charge in [0.15, 0.2) is 0 Å². The molecule has 0 spiro atoms. The number of aliphatic imine (C=N–C) groups is 1. The van der Waals surface area contributed by atoms with Gasteiger partial charge in [-0.05, 0) is 19.8 Å². The number of guanidine groups is 1. The second kappa shape index (κ2) is 4.18. The van der Waals surface area contributed by atoms with E-state index in [1.54, 1.807) is 0 Å². The van der Waals surface area contributed by atoms with E-state index < -0.39 is 0 Å². The van der Waals surface area contributed by atoms with Crippen molar-refractivity contribution >= 4 is 5.96 Å². The van der Waals surface area contributed by atoms with Gasteiger partial charge in [-0.1, -0.05) is 13.8 Å². The lowest BCUT2D eigenvalue weighted by molar-refractivity contribution is 0.439. The second-order valence-corrected chi connectivity index (χ2v) is 2.85. The first-order valence-electron chi connectivity index (χ1n) is 3.90. The Morgan fingerprint density at radius 1 is 1.45 bits per heavy atom. The average Bonchev–Trinajstić information content (AvgIpc) is 2.04. The molecule has 0 saturated carbocycles. The highest BCUT2D eigenvalue weighted by molar-refractivity contribution is 5.77. The van der Waals surface area contributed by atoms with Crippen molar-refractivity contribution in [1.29, 1.82) is 0 Å². The topological polar surface area (TPSA) is 76.4 Å². The van der Waals surface area contributed by atoms with Crippen LogP contribution in [0.15, 0.2) is 4.99 Å². The molecule has 0 aromatic rings. The van der Waals surface area contributed by atoms with Crippen LogP contribution in [-0.4, -0.2) is 11.5 Å². The first kappa shape index (κ1) is 10.2. The first-order chi connectivity index (χ1) is 5.08. The van der Waals surface area contributed by atoms with Crippen molar-refractivity contribution in [2.24, 2.45) is 16.6 Å². The Labute approximate surface area is 68.0 Å². The van der Waals surface area contributed by atoms with Crippen molar-refractivity contribution in [3.05, 3.63) is 0 Å². The molecule has 0 unspecified atom stereocenters. The molecule has 0 heterocycles. The number of nitrogens with zero attached hydrogens (tertiary/aromatic N) is 1. The van der Waals surface area contributed by atoms with Gasteiger partial charge in [-0.3, -0.25) is 5.43 Å². The molecule has 0 aromatic heterocycles. The molecule has 4 nitrogen and oxygen atoms in total. The van der Waals surface area contributed by atoms with Gasteiger partial charge in [-0.15, -0.1) is 0 Å². The summed E-state index contributed by atoms with van der Waals surface area (Å²) in [6, 6.07) is 0. The van der Waals surface area contributed by atoms with Gasteiger partial charge in [-0.25, -0.2) is 10.8 Å². The highest BCUT2D eigenvalue weighted by Gasteiger charge is 2.17. The molecule has 0 aliphatic heterocycles. The average molecular weight is 158 g/mol. The van der Waals surface area contributed by atoms with Crippen molar-refractivity contribution in [3.63, 3.8) is 0 Å². The monoisotopic (exact) mass is 158 g/mol. The minimum absolute atomic E-state index is 0.0730. The van der Waals surface area contributed by atoms with Gasteiger partial charge in [0.25, 0.3) is 0 Å². The maximum absolute atomic E-state index is 5.42. The third-order valence-electron chi connectivity index (χ3n) is 2.06. The summed E-state index contributed by atoms with van der Waals surface area (Å²) in [6.07, 6.45) is 1.93. The van der Waals surface area contributed by atoms with Crippen LogP contribution in [0.1, 0.15) is 33.6 Å². The van der Waals surface area contributed by atoms with Gasteiger partial charge in [0.2, 0.25) is 5.96 Å². The largest absolute Gasteiger partial charge is 0.369 e. The summed E-state index contributed by atoms with van der Waals surface area (Å²) in [5, 5.41) is 0. The SMILES string of the molecule is CCC(C)(CC)N=C(N)NN. The van der Waals surface area contributed by atoms with Crippen LogP contribution in [0.25, 0.3) is 0 Å². The molecule has 0 amide bonds. The lowest BCUT2D eigenvalue weighted by Crippen LogP contribution is -2.40. The van der Waals surface area contributed by atoms with Crippen molar-refractivity contribution < 1.29 is 0 Å². The summed E-state index contributed by atoms with van der Waals surface area (Å²) >= 11 is 0. The van der Waals surface area contributed by atoms with Gasteiger partial charge >= 0.3 is 0 Å². The summed E-state index contributed by atoms with van der Waals surface area (Å²) < 4.78 is 0. The van der Waals surface area contributed by atoms with Crippen molar-refractivity contribution in [2.75, 3.05) is 0 Å². The Hall–Kier alpha value is -0.770. The molecule has 0 aromatic carbocycles. The molecule has 5 N–H and O–H groups in total. The normalized spacial score (nSPS) is 13.3. The molecule has 0 saturated heterocycles. The van der Waals surface area contributed by atoms with E-state index in [9.17, 15) is 0 Å². The third kappa shape index (κ3) is 3.23. The molecule has 0 rings (SSSR count). The lowest BCUT2D eigenvalue weighted by atomic mass is 9.97. The molecule has 0 radical (unpaired) electrons. The quantitative estimate of drug-likeness (QED) is 0.240. The second-order valence-electron chi connectivity index (χ2n) is 2.85. The summed E-state index contributed by atoms with van der Waals surface area (Å²) in [6.45, 7) is 6.21. The van der Waals surface area contributed by atoms with E-state index in [1.165, 1.54) is 0 Å². The van der Waals surface area contributed by atoms with Crippen LogP contribution in [-0.2, 0) is 0 Å². The van der Waals surface area contributed by atoms with E-state index in [1.807, 2.05) is 0 Å². The van der Waals surface area contributed by atoms with Crippen molar-refractivity contribution in [2.45, 2.75) is 39.2 Å². The van der Waals surface area contributed by atoms with Crippen molar-refractivity contribution in [3.8, 4) is 0 Å². The van der Waals surface area contributed by atoms with E-state index in [-0.39, 0.29) is 5.54 Å². The van der Waals surface area contributed by atoms with E-state index in [0.717, 1.165) is 12.8 Å². The summed E-state index contributed by atoms with van der Waals surface area (Å²) in [5.41, 5.74) is 7.67. The van der Waals surface area contributed by atoms with Crippen LogP contribution in [0, 0.1) is 0 Å². The zero-order valence-corrected chi connectivity index (χ0v) is 7.52.